The van der Waals surface area contributed by atoms with Crippen LogP contribution in [0.25, 0.3) is 11.4 Å². The Morgan fingerprint density at radius 1 is 1.05 bits per heavy atom. The Morgan fingerprint density at radius 2 is 1.81 bits per heavy atom. The summed E-state index contributed by atoms with van der Waals surface area (Å²) in [4.78, 5) is 4.41. The third-order valence-electron chi connectivity index (χ3n) is 3.42. The fraction of sp³-hybridized carbons (Fsp3) is 0.118. The van der Waals surface area contributed by atoms with Crippen molar-refractivity contribution in [2.45, 2.75) is 13.1 Å². The third kappa shape index (κ3) is 2.95. The molecule has 1 aromatic heterocycles. The van der Waals surface area contributed by atoms with Crippen LogP contribution in [0, 0.1) is 0 Å². The largest absolute Gasteiger partial charge is 0.508 e. The average molecular weight is 279 g/mol. The number of nitrogens with zero attached hydrogens (tertiary/aromatic N) is 2. The Bertz CT molecular complexity index is 732. The molecule has 0 radical (unpaired) electrons. The molecular weight excluding hydrogens is 262 g/mol. The van der Waals surface area contributed by atoms with Gasteiger partial charge in [0.15, 0.2) is 0 Å². The zero-order chi connectivity index (χ0) is 14.7. The average Bonchev–Trinajstić information content (AvgIpc) is 2.96. The van der Waals surface area contributed by atoms with Gasteiger partial charge in [-0.15, -0.1) is 0 Å². The number of phenolic OH excluding ortho intramolecular Hbond substituents is 1. The van der Waals surface area contributed by atoms with Crippen molar-refractivity contribution in [1.82, 2.24) is 9.55 Å². The number of benzene rings is 2. The van der Waals surface area contributed by atoms with Crippen LogP contribution in [0.3, 0.4) is 0 Å². The highest BCUT2D eigenvalue weighted by Gasteiger charge is 2.06. The Morgan fingerprint density at radius 3 is 2.57 bits per heavy atom. The number of rotatable bonds is 4. The third-order valence-corrected chi connectivity index (χ3v) is 3.42. The first-order valence-electron chi connectivity index (χ1n) is 6.84. The molecular formula is C17H17N3O. The standard InChI is InChI=1S/C17H17N3O/c18-11-13-2-1-3-14(10-13)12-20-9-8-19-17(20)15-4-6-16(21)7-5-15/h1-10,21H,11-12,18H2. The lowest BCUT2D eigenvalue weighted by Crippen LogP contribution is -2.03. The normalized spacial score (nSPS) is 10.7. The van der Waals surface area contributed by atoms with Crippen molar-refractivity contribution in [2.75, 3.05) is 0 Å². The maximum atomic E-state index is 9.38. The van der Waals surface area contributed by atoms with Crippen molar-refractivity contribution in [3.8, 4) is 17.1 Å². The first-order chi connectivity index (χ1) is 10.3. The topological polar surface area (TPSA) is 64.1 Å². The highest BCUT2D eigenvalue weighted by Crippen LogP contribution is 2.21. The second kappa shape index (κ2) is 5.81. The quantitative estimate of drug-likeness (QED) is 0.772. The lowest BCUT2D eigenvalue weighted by Gasteiger charge is -2.09. The minimum Gasteiger partial charge on any atom is -0.508 e. The molecule has 4 heteroatoms. The predicted octanol–water partition coefficient (Wildman–Crippen LogP) is 2.76. The molecule has 0 spiro atoms. The van der Waals surface area contributed by atoms with E-state index in [9.17, 15) is 5.11 Å². The summed E-state index contributed by atoms with van der Waals surface area (Å²) in [5, 5.41) is 9.38. The summed E-state index contributed by atoms with van der Waals surface area (Å²) in [7, 11) is 0. The number of imidazole rings is 1. The smallest absolute Gasteiger partial charge is 0.140 e. The number of phenols is 1. The molecule has 0 aliphatic carbocycles. The zero-order valence-corrected chi connectivity index (χ0v) is 11.6. The van der Waals surface area contributed by atoms with Crippen LogP contribution in [0.2, 0.25) is 0 Å². The van der Waals surface area contributed by atoms with Crippen molar-refractivity contribution < 1.29 is 5.11 Å². The molecule has 0 aliphatic heterocycles. The van der Waals surface area contributed by atoms with E-state index < -0.39 is 0 Å². The van der Waals surface area contributed by atoms with Crippen molar-refractivity contribution in [1.29, 1.82) is 0 Å². The summed E-state index contributed by atoms with van der Waals surface area (Å²) in [6.07, 6.45) is 3.74. The van der Waals surface area contributed by atoms with Crippen molar-refractivity contribution in [3.63, 3.8) is 0 Å². The van der Waals surface area contributed by atoms with Gasteiger partial charge in [-0.1, -0.05) is 24.3 Å². The first kappa shape index (κ1) is 13.4. The molecule has 0 amide bonds. The molecule has 0 atom stereocenters. The van der Waals surface area contributed by atoms with Gasteiger partial charge < -0.3 is 15.4 Å². The number of aromatic nitrogens is 2. The van der Waals surface area contributed by atoms with Crippen molar-refractivity contribution >= 4 is 0 Å². The SMILES string of the molecule is NCc1cccc(Cn2ccnc2-c2ccc(O)cc2)c1. The second-order valence-corrected chi connectivity index (χ2v) is 4.95. The Labute approximate surface area is 123 Å². The van der Waals surface area contributed by atoms with Gasteiger partial charge in [-0.05, 0) is 35.4 Å². The minimum absolute atomic E-state index is 0.257. The highest BCUT2D eigenvalue weighted by molar-refractivity contribution is 5.56. The minimum atomic E-state index is 0.257. The fourth-order valence-electron chi connectivity index (χ4n) is 2.36. The number of hydrogen-bond acceptors (Lipinski definition) is 3. The highest BCUT2D eigenvalue weighted by atomic mass is 16.3. The Balaban J connectivity index is 1.90. The maximum Gasteiger partial charge on any atom is 0.140 e. The van der Waals surface area contributed by atoms with E-state index in [1.54, 1.807) is 18.3 Å². The maximum absolute atomic E-state index is 9.38. The van der Waals surface area contributed by atoms with E-state index in [-0.39, 0.29) is 5.75 Å². The molecule has 3 aromatic rings. The summed E-state index contributed by atoms with van der Waals surface area (Å²) < 4.78 is 2.09. The lowest BCUT2D eigenvalue weighted by atomic mass is 10.1. The van der Waals surface area contributed by atoms with E-state index in [2.05, 4.69) is 21.7 Å². The van der Waals surface area contributed by atoms with E-state index in [1.807, 2.05) is 30.5 Å². The Kier molecular flexibility index (Phi) is 3.71. The summed E-state index contributed by atoms with van der Waals surface area (Å²) in [6, 6.07) is 15.3. The molecule has 106 valence electrons. The molecule has 0 saturated heterocycles. The van der Waals surface area contributed by atoms with Crippen LogP contribution in [-0.4, -0.2) is 14.7 Å². The zero-order valence-electron chi connectivity index (χ0n) is 11.6. The summed E-state index contributed by atoms with van der Waals surface area (Å²) in [5.41, 5.74) is 8.98. The van der Waals surface area contributed by atoms with E-state index in [1.165, 1.54) is 5.56 Å². The van der Waals surface area contributed by atoms with Gasteiger partial charge in [0.1, 0.15) is 11.6 Å². The molecule has 3 rings (SSSR count). The van der Waals surface area contributed by atoms with Gasteiger partial charge >= 0.3 is 0 Å². The van der Waals surface area contributed by atoms with Gasteiger partial charge in [-0.25, -0.2) is 4.98 Å². The lowest BCUT2D eigenvalue weighted by molar-refractivity contribution is 0.475. The number of hydrogen-bond donors (Lipinski definition) is 2. The number of aromatic hydroxyl groups is 1. The van der Waals surface area contributed by atoms with Gasteiger partial charge in [0.05, 0.1) is 0 Å². The molecule has 3 N–H and O–H groups in total. The van der Waals surface area contributed by atoms with Crippen LogP contribution in [0.4, 0.5) is 0 Å². The van der Waals surface area contributed by atoms with Crippen LogP contribution in [-0.2, 0) is 13.1 Å². The molecule has 0 unspecified atom stereocenters. The molecule has 0 saturated carbocycles. The molecule has 0 fully saturated rings. The van der Waals surface area contributed by atoms with Gasteiger partial charge in [0, 0.05) is 31.0 Å². The first-order valence-corrected chi connectivity index (χ1v) is 6.84. The molecule has 4 nitrogen and oxygen atoms in total. The van der Waals surface area contributed by atoms with Gasteiger partial charge in [-0.2, -0.15) is 0 Å². The van der Waals surface area contributed by atoms with E-state index in [0.29, 0.717) is 6.54 Å². The molecule has 0 aliphatic rings. The summed E-state index contributed by atoms with van der Waals surface area (Å²) >= 11 is 0. The molecule has 0 bridgehead atoms. The van der Waals surface area contributed by atoms with Crippen LogP contribution >= 0.6 is 0 Å². The van der Waals surface area contributed by atoms with Crippen LogP contribution in [0.1, 0.15) is 11.1 Å². The predicted molar refractivity (Wildman–Crippen MR) is 82.8 cm³/mol. The van der Waals surface area contributed by atoms with Crippen LogP contribution < -0.4 is 5.73 Å². The van der Waals surface area contributed by atoms with E-state index in [0.717, 1.165) is 23.5 Å². The molecule has 1 heterocycles. The fourth-order valence-corrected chi connectivity index (χ4v) is 2.36. The van der Waals surface area contributed by atoms with Crippen LogP contribution in [0.15, 0.2) is 60.9 Å². The van der Waals surface area contributed by atoms with Crippen molar-refractivity contribution in [2.24, 2.45) is 5.73 Å². The number of nitrogens with two attached hydrogens (primary N) is 1. The van der Waals surface area contributed by atoms with E-state index >= 15 is 0 Å². The summed E-state index contributed by atoms with van der Waals surface area (Å²) in [5.74, 6) is 1.14. The van der Waals surface area contributed by atoms with Gasteiger partial charge in [-0.3, -0.25) is 0 Å². The van der Waals surface area contributed by atoms with Crippen molar-refractivity contribution in [3.05, 3.63) is 72.1 Å². The van der Waals surface area contributed by atoms with Gasteiger partial charge in [0.2, 0.25) is 0 Å². The molecule has 21 heavy (non-hydrogen) atoms. The van der Waals surface area contributed by atoms with Gasteiger partial charge in [0.25, 0.3) is 0 Å². The Hall–Kier alpha value is -2.59. The summed E-state index contributed by atoms with van der Waals surface area (Å²) in [6.45, 7) is 1.28. The van der Waals surface area contributed by atoms with Crippen LogP contribution in [0.5, 0.6) is 5.75 Å². The molecule has 2 aromatic carbocycles. The monoisotopic (exact) mass is 279 g/mol. The van der Waals surface area contributed by atoms with E-state index in [4.69, 9.17) is 5.73 Å². The second-order valence-electron chi connectivity index (χ2n) is 4.95.